The standard InChI is InChI=1S/C80H71N5O10P5/c1-11-61-41-51-71(52-42-61)86-96(91-76-36-26-21-31-66(76)16-6)81-97(87-72-53-43-62(12-2)44-54-72,92-77-37-27-22-32-67(77)17-7)83-99(89-74-57-47-64(14-4)48-58-74,94-79-39-29-24-34-69(79)19-9)85-100(90-75-59-49-65(15-5)50-60-75,95-80-40-30-25-35-70(80)20-10)84-98(82-96,88-73-55-45-63(13-3)46-56-73)93-78-38-28-23-33-68(78)18-8/h11-60,81H,1-10H2/q+1. The van der Waals surface area contributed by atoms with Crippen LogP contribution in [0.5, 0.6) is 57.5 Å². The lowest BCUT2D eigenvalue weighted by Gasteiger charge is -2.34. The smallest absolute Gasteiger partial charge is 0.417 e. The van der Waals surface area contributed by atoms with Gasteiger partial charge < -0.3 is 36.2 Å². The van der Waals surface area contributed by atoms with E-state index in [0.717, 1.165) is 27.8 Å². The first-order valence-electron chi connectivity index (χ1n) is 31.1. The zero-order valence-corrected chi connectivity index (χ0v) is 59.0. The van der Waals surface area contributed by atoms with Gasteiger partial charge in [-0.05, 0) is 119 Å². The maximum atomic E-state index is 7.79. The van der Waals surface area contributed by atoms with Crippen LogP contribution in [0.1, 0.15) is 55.6 Å². The monoisotopic (exact) mass is 1420 g/mol. The minimum absolute atomic E-state index is 0.155. The average molecular weight is 1420 g/mol. The van der Waals surface area contributed by atoms with E-state index in [4.69, 9.17) is 63.3 Å². The number of hydrogen-bond donors (Lipinski definition) is 1. The molecule has 5 unspecified atom stereocenters. The number of nitrogens with one attached hydrogen (secondary N) is 1. The van der Waals surface area contributed by atoms with Crippen LogP contribution in [0.4, 0.5) is 0 Å². The molecule has 0 aliphatic carbocycles. The first kappa shape index (κ1) is 70.2. The van der Waals surface area contributed by atoms with E-state index >= 15 is 0 Å². The van der Waals surface area contributed by atoms with Gasteiger partial charge in [0.25, 0.3) is 0 Å². The Morgan fingerprint density at radius 2 is 0.520 bits per heavy atom. The summed E-state index contributed by atoms with van der Waals surface area (Å²) in [6, 6.07) is 71.3. The third-order valence-electron chi connectivity index (χ3n) is 14.7. The van der Waals surface area contributed by atoms with Crippen LogP contribution in [0.25, 0.3) is 60.8 Å². The fourth-order valence-electron chi connectivity index (χ4n) is 9.64. The fourth-order valence-corrected chi connectivity index (χ4v) is 25.3. The van der Waals surface area contributed by atoms with Gasteiger partial charge in [-0.15, -0.1) is 4.52 Å². The van der Waals surface area contributed by atoms with Crippen LogP contribution in [0.15, 0.2) is 327 Å². The molecular formula is C80H71N5O10P5+. The van der Waals surface area contributed by atoms with Gasteiger partial charge in [0, 0.05) is 32.7 Å². The second-order valence-electron chi connectivity index (χ2n) is 21.5. The molecule has 15 nitrogen and oxygen atoms in total. The minimum atomic E-state index is -5.14. The van der Waals surface area contributed by atoms with E-state index in [1.165, 1.54) is 0 Å². The normalized spacial score (nSPS) is 19.1. The average Bonchev–Trinajstić information content (AvgIpc) is 0.728. The number of nitrogens with zero attached hydrogens (tertiary/aromatic N) is 4. The van der Waals surface area contributed by atoms with E-state index in [1.54, 1.807) is 182 Å². The molecule has 10 aromatic carbocycles. The molecule has 1 heterocycles. The Morgan fingerprint density at radius 1 is 0.250 bits per heavy atom. The summed E-state index contributed by atoms with van der Waals surface area (Å²) >= 11 is 0. The summed E-state index contributed by atoms with van der Waals surface area (Å²) in [5, 5.41) is 0. The predicted octanol–water partition coefficient (Wildman–Crippen LogP) is 26.3. The van der Waals surface area contributed by atoms with Crippen LogP contribution in [-0.2, 0) is 0 Å². The summed E-state index contributed by atoms with van der Waals surface area (Å²) < 4.78 is 101. The largest absolute Gasteiger partial charge is 0.587 e. The van der Waals surface area contributed by atoms with Gasteiger partial charge in [-0.25, -0.2) is 0 Å². The van der Waals surface area contributed by atoms with Crippen molar-refractivity contribution in [2.45, 2.75) is 0 Å². The molecule has 100 heavy (non-hydrogen) atoms. The van der Waals surface area contributed by atoms with Crippen LogP contribution < -0.4 is 50.1 Å². The molecule has 0 radical (unpaired) electrons. The maximum absolute atomic E-state index is 7.79. The fraction of sp³-hybridized carbons (Fsp3) is 0. The van der Waals surface area contributed by atoms with E-state index in [-0.39, 0.29) is 57.5 Å². The summed E-state index contributed by atoms with van der Waals surface area (Å²) in [6.07, 6.45) is 16.7. The van der Waals surface area contributed by atoms with Gasteiger partial charge in [-0.2, -0.15) is 0 Å². The Hall–Kier alpha value is -11.1. The number of benzene rings is 10. The summed E-state index contributed by atoms with van der Waals surface area (Å²) in [7, 11) is -25.5. The lowest BCUT2D eigenvalue weighted by atomic mass is 10.2. The van der Waals surface area contributed by atoms with Crippen LogP contribution in [0.2, 0.25) is 0 Å². The van der Waals surface area contributed by atoms with Gasteiger partial charge in [0.05, 0.1) is 4.52 Å². The molecule has 0 bridgehead atoms. The van der Waals surface area contributed by atoms with Crippen molar-refractivity contribution in [1.29, 1.82) is 0 Å². The molecule has 0 spiro atoms. The first-order valence-corrected chi connectivity index (χ1v) is 38.9. The number of hydrogen-bond acceptors (Lipinski definition) is 15. The van der Waals surface area contributed by atoms with Crippen molar-refractivity contribution in [2.75, 3.05) is 0 Å². The third-order valence-corrected chi connectivity index (χ3v) is 28.5. The van der Waals surface area contributed by atoms with Crippen molar-refractivity contribution in [1.82, 2.24) is 4.86 Å². The molecule has 0 fully saturated rings. The SMILES string of the molecule is C=Cc1ccc(OP2(Oc3ccccc3C=C)=NP(Oc3ccc(C=C)cc3)(Oc3ccccc3C=C)=N[P+](Oc3ccc(C=C)cc3)(Oc3ccccc3C=C)NP(Oc3ccc(C=C)cc3)(Oc3ccccc3C=C)=NP(Oc3ccc(C=C)cc3)(Oc3ccccc3C=C)=N2)cc1. The van der Waals surface area contributed by atoms with Gasteiger partial charge in [0.15, 0.2) is 11.5 Å². The molecule has 0 saturated heterocycles. The third kappa shape index (κ3) is 17.1. The second-order valence-corrected chi connectivity index (χ2v) is 32.0. The van der Waals surface area contributed by atoms with E-state index in [1.807, 2.05) is 121 Å². The topological polar surface area (TPSA) is 154 Å². The van der Waals surface area contributed by atoms with Gasteiger partial charge in [-0.3, -0.25) is 9.05 Å². The Labute approximate surface area is 585 Å². The maximum Gasteiger partial charge on any atom is 0.587 e. The first-order chi connectivity index (χ1) is 48.7. The summed E-state index contributed by atoms with van der Waals surface area (Å²) in [4.78, 5) is 3.76. The zero-order chi connectivity index (χ0) is 70.0. The second kappa shape index (κ2) is 32.1. The summed E-state index contributed by atoms with van der Waals surface area (Å²) in [6.45, 7) is 41.5. The summed E-state index contributed by atoms with van der Waals surface area (Å²) in [5.74, 6) is 1.68. The highest BCUT2D eigenvalue weighted by atomic mass is 31.3. The highest BCUT2D eigenvalue weighted by molar-refractivity contribution is 7.83. The minimum Gasteiger partial charge on any atom is -0.417 e. The van der Waals surface area contributed by atoms with E-state index < -0.39 is 38.7 Å². The Kier molecular flexibility index (Phi) is 22.5. The van der Waals surface area contributed by atoms with E-state index in [9.17, 15) is 0 Å². The van der Waals surface area contributed by atoms with Crippen LogP contribution in [0, 0.1) is 0 Å². The van der Waals surface area contributed by atoms with Gasteiger partial charge in [0.2, 0.25) is 0 Å². The highest BCUT2D eigenvalue weighted by Gasteiger charge is 2.62. The van der Waals surface area contributed by atoms with Crippen LogP contribution in [0.3, 0.4) is 0 Å². The van der Waals surface area contributed by atoms with Gasteiger partial charge in [-0.1, -0.05) is 287 Å². The van der Waals surface area contributed by atoms with Crippen LogP contribution in [-0.4, -0.2) is 0 Å². The van der Waals surface area contributed by atoms with Crippen molar-refractivity contribution >= 4 is 99.4 Å². The summed E-state index contributed by atoms with van der Waals surface area (Å²) in [5.41, 5.74) is 6.18. The van der Waals surface area contributed by atoms with E-state index in [2.05, 4.69) is 70.6 Å². The molecule has 1 aliphatic rings. The zero-order valence-electron chi connectivity index (χ0n) is 54.5. The Bertz CT molecular complexity index is 4980. The van der Waals surface area contributed by atoms with Crippen molar-refractivity contribution in [3.8, 4) is 57.5 Å². The molecule has 0 aromatic heterocycles. The van der Waals surface area contributed by atoms with Gasteiger partial charge in [0.1, 0.15) is 46.0 Å². The lowest BCUT2D eigenvalue weighted by molar-refractivity contribution is 0.427. The Balaban J connectivity index is 1.50. The van der Waals surface area contributed by atoms with Crippen molar-refractivity contribution in [3.05, 3.63) is 364 Å². The van der Waals surface area contributed by atoms with Gasteiger partial charge >= 0.3 is 38.7 Å². The number of para-hydroxylation sites is 5. The molecule has 1 N–H and O–H groups in total. The molecule has 500 valence electrons. The molecule has 11 rings (SSSR count). The predicted molar refractivity (Wildman–Crippen MR) is 419 cm³/mol. The Morgan fingerprint density at radius 3 is 0.870 bits per heavy atom. The quantitative estimate of drug-likeness (QED) is 0.0428. The molecule has 20 heteroatoms. The highest BCUT2D eigenvalue weighted by Crippen LogP contribution is 2.81. The molecule has 10 aromatic rings. The van der Waals surface area contributed by atoms with Crippen LogP contribution >= 0.6 is 38.7 Å². The molecule has 0 saturated carbocycles. The molecule has 1 aliphatic heterocycles. The molecular weight excluding hydrogens is 1350 g/mol. The van der Waals surface area contributed by atoms with Crippen molar-refractivity contribution in [3.63, 3.8) is 0 Å². The molecule has 5 atom stereocenters. The van der Waals surface area contributed by atoms with Crippen molar-refractivity contribution in [2.24, 2.45) is 18.1 Å². The van der Waals surface area contributed by atoms with Crippen molar-refractivity contribution < 1.29 is 45.2 Å². The molecule has 0 amide bonds. The number of rotatable bonds is 30. The van der Waals surface area contributed by atoms with E-state index in [0.29, 0.717) is 27.8 Å². The lowest BCUT2D eigenvalue weighted by Crippen LogP contribution is -2.27.